The summed E-state index contributed by atoms with van der Waals surface area (Å²) < 4.78 is 15.9. The zero-order valence-corrected chi connectivity index (χ0v) is 9.57. The summed E-state index contributed by atoms with van der Waals surface area (Å²) in [5.74, 6) is 0.979. The Balaban J connectivity index is 1.84. The van der Waals surface area contributed by atoms with Crippen LogP contribution in [0, 0.1) is 0 Å². The first-order valence-electron chi connectivity index (χ1n) is 5.65. The molecule has 18 heavy (non-hydrogen) atoms. The van der Waals surface area contributed by atoms with Crippen molar-refractivity contribution in [3.8, 4) is 17.2 Å². The quantitative estimate of drug-likeness (QED) is 0.868. The predicted molar refractivity (Wildman–Crippen MR) is 60.9 cm³/mol. The summed E-state index contributed by atoms with van der Waals surface area (Å²) in [6.45, 7) is 1.55. The summed E-state index contributed by atoms with van der Waals surface area (Å²) >= 11 is 0. The maximum Gasteiger partial charge on any atom is 0.258 e. The van der Waals surface area contributed by atoms with Crippen molar-refractivity contribution in [1.82, 2.24) is 10.1 Å². The van der Waals surface area contributed by atoms with Crippen molar-refractivity contribution < 1.29 is 19.1 Å². The van der Waals surface area contributed by atoms with Gasteiger partial charge in [0.25, 0.3) is 5.89 Å². The lowest BCUT2D eigenvalue weighted by Gasteiger charge is -2.19. The zero-order valence-electron chi connectivity index (χ0n) is 9.57. The van der Waals surface area contributed by atoms with E-state index in [4.69, 9.17) is 14.0 Å². The van der Waals surface area contributed by atoms with Gasteiger partial charge in [0.15, 0.2) is 0 Å². The second kappa shape index (κ2) is 4.75. The highest BCUT2D eigenvalue weighted by Crippen LogP contribution is 2.24. The molecule has 1 aliphatic heterocycles. The summed E-state index contributed by atoms with van der Waals surface area (Å²) in [5.41, 5.74) is 0.672. The smallest absolute Gasteiger partial charge is 0.258 e. The van der Waals surface area contributed by atoms with Gasteiger partial charge in [-0.25, -0.2) is 0 Å². The van der Waals surface area contributed by atoms with Crippen molar-refractivity contribution in [3.05, 3.63) is 30.1 Å². The van der Waals surface area contributed by atoms with Crippen LogP contribution in [0.2, 0.25) is 0 Å². The molecule has 0 bridgehead atoms. The van der Waals surface area contributed by atoms with Gasteiger partial charge in [0.2, 0.25) is 5.82 Å². The first-order valence-corrected chi connectivity index (χ1v) is 5.65. The van der Waals surface area contributed by atoms with Gasteiger partial charge in [-0.15, -0.1) is 0 Å². The molecule has 1 aromatic carbocycles. The first kappa shape index (κ1) is 11.2. The lowest BCUT2D eigenvalue weighted by atomic mass is 10.2. The van der Waals surface area contributed by atoms with E-state index in [2.05, 4.69) is 10.1 Å². The number of ether oxygens (including phenoxy) is 2. The molecule has 0 aliphatic carbocycles. The molecule has 0 radical (unpaired) electrons. The number of nitrogens with zero attached hydrogens (tertiary/aromatic N) is 2. The second-order valence-corrected chi connectivity index (χ2v) is 3.94. The summed E-state index contributed by atoms with van der Waals surface area (Å²) in [4.78, 5) is 4.25. The van der Waals surface area contributed by atoms with Crippen LogP contribution in [-0.4, -0.2) is 35.1 Å². The standard InChI is InChI=1S/C12H12N2O4/c15-9-3-1-2-8(6-9)12-13-11(14-18-12)10-7-16-4-5-17-10/h1-3,6,10,15H,4-5,7H2. The van der Waals surface area contributed by atoms with Crippen molar-refractivity contribution in [2.75, 3.05) is 19.8 Å². The summed E-state index contributed by atoms with van der Waals surface area (Å²) in [7, 11) is 0. The second-order valence-electron chi connectivity index (χ2n) is 3.94. The van der Waals surface area contributed by atoms with Gasteiger partial charge in [-0.3, -0.25) is 0 Å². The average molecular weight is 248 g/mol. The third-order valence-electron chi connectivity index (χ3n) is 2.64. The fourth-order valence-corrected chi connectivity index (χ4v) is 1.76. The molecule has 1 unspecified atom stereocenters. The fraction of sp³-hybridized carbons (Fsp3) is 0.333. The van der Waals surface area contributed by atoms with Gasteiger partial charge >= 0.3 is 0 Å². The van der Waals surface area contributed by atoms with E-state index in [0.717, 1.165) is 0 Å². The molecule has 0 spiro atoms. The van der Waals surface area contributed by atoms with Crippen LogP contribution >= 0.6 is 0 Å². The Hall–Kier alpha value is -1.92. The molecule has 94 valence electrons. The molecule has 2 aromatic rings. The Bertz CT molecular complexity index is 534. The first-order chi connectivity index (χ1) is 8.83. The topological polar surface area (TPSA) is 77.6 Å². The van der Waals surface area contributed by atoms with Crippen molar-refractivity contribution >= 4 is 0 Å². The monoisotopic (exact) mass is 248 g/mol. The van der Waals surface area contributed by atoms with Crippen LogP contribution in [0.25, 0.3) is 11.5 Å². The predicted octanol–water partition coefficient (Wildman–Crippen LogP) is 1.53. The summed E-state index contributed by atoms with van der Waals surface area (Å²) in [5, 5.41) is 13.3. The van der Waals surface area contributed by atoms with Crippen molar-refractivity contribution in [1.29, 1.82) is 0 Å². The molecule has 1 N–H and O–H groups in total. The normalized spacial score (nSPS) is 19.9. The average Bonchev–Trinajstić information content (AvgIpc) is 2.89. The van der Waals surface area contributed by atoms with Crippen LogP contribution in [0.15, 0.2) is 28.8 Å². The zero-order chi connectivity index (χ0) is 12.4. The minimum absolute atomic E-state index is 0.157. The number of phenols is 1. The molecular weight excluding hydrogens is 236 g/mol. The van der Waals surface area contributed by atoms with E-state index in [1.54, 1.807) is 24.3 Å². The fourth-order valence-electron chi connectivity index (χ4n) is 1.76. The maximum absolute atomic E-state index is 9.40. The number of phenolic OH excluding ortho intramolecular Hbond substituents is 1. The van der Waals surface area contributed by atoms with Gasteiger partial charge < -0.3 is 19.1 Å². The van der Waals surface area contributed by atoms with Gasteiger partial charge in [-0.1, -0.05) is 11.2 Å². The molecule has 1 aromatic heterocycles. The van der Waals surface area contributed by atoms with Crippen LogP contribution in [0.4, 0.5) is 0 Å². The Kier molecular flexibility index (Phi) is 2.95. The van der Waals surface area contributed by atoms with E-state index in [1.165, 1.54) is 0 Å². The van der Waals surface area contributed by atoms with Crippen LogP contribution in [0.3, 0.4) is 0 Å². The van der Waals surface area contributed by atoms with Crippen LogP contribution < -0.4 is 0 Å². The van der Waals surface area contributed by atoms with Gasteiger partial charge in [0, 0.05) is 5.56 Å². The Labute approximate surface area is 103 Å². The van der Waals surface area contributed by atoms with Crippen LogP contribution in [0.1, 0.15) is 11.9 Å². The molecule has 0 saturated carbocycles. The van der Waals surface area contributed by atoms with E-state index in [1.807, 2.05) is 0 Å². The molecule has 0 amide bonds. The van der Waals surface area contributed by atoms with Crippen LogP contribution in [-0.2, 0) is 9.47 Å². The van der Waals surface area contributed by atoms with Crippen molar-refractivity contribution in [2.45, 2.75) is 6.10 Å². The SMILES string of the molecule is Oc1cccc(-c2nc(C3COCCO3)no2)c1. The highest BCUT2D eigenvalue weighted by atomic mass is 16.6. The number of rotatable bonds is 2. The largest absolute Gasteiger partial charge is 0.508 e. The Morgan fingerprint density at radius 1 is 1.28 bits per heavy atom. The van der Waals surface area contributed by atoms with Crippen molar-refractivity contribution in [2.24, 2.45) is 0 Å². The third-order valence-corrected chi connectivity index (χ3v) is 2.64. The Morgan fingerprint density at radius 3 is 3.00 bits per heavy atom. The third kappa shape index (κ3) is 2.20. The molecule has 1 atom stereocenters. The van der Waals surface area contributed by atoms with E-state index in [0.29, 0.717) is 37.1 Å². The van der Waals surface area contributed by atoms with E-state index >= 15 is 0 Å². The molecule has 1 fully saturated rings. The summed E-state index contributed by atoms with van der Waals surface area (Å²) in [6.07, 6.45) is -0.284. The molecule has 3 rings (SSSR count). The van der Waals surface area contributed by atoms with Gasteiger partial charge in [-0.05, 0) is 18.2 Å². The minimum atomic E-state index is -0.284. The van der Waals surface area contributed by atoms with Crippen LogP contribution in [0.5, 0.6) is 5.75 Å². The minimum Gasteiger partial charge on any atom is -0.508 e. The highest BCUT2D eigenvalue weighted by molar-refractivity contribution is 5.55. The Morgan fingerprint density at radius 2 is 2.22 bits per heavy atom. The molecule has 2 heterocycles. The number of aromatic nitrogens is 2. The lowest BCUT2D eigenvalue weighted by Crippen LogP contribution is -2.22. The number of benzene rings is 1. The molecule has 1 saturated heterocycles. The molecular formula is C12H12N2O4. The maximum atomic E-state index is 9.40. The van der Waals surface area contributed by atoms with Gasteiger partial charge in [0.1, 0.15) is 11.9 Å². The molecule has 6 nitrogen and oxygen atoms in total. The van der Waals surface area contributed by atoms with Gasteiger partial charge in [-0.2, -0.15) is 4.98 Å². The number of hydrogen-bond acceptors (Lipinski definition) is 6. The van der Waals surface area contributed by atoms with E-state index < -0.39 is 0 Å². The number of aromatic hydroxyl groups is 1. The molecule has 1 aliphatic rings. The van der Waals surface area contributed by atoms with Gasteiger partial charge in [0.05, 0.1) is 19.8 Å². The van der Waals surface area contributed by atoms with Crippen molar-refractivity contribution in [3.63, 3.8) is 0 Å². The highest BCUT2D eigenvalue weighted by Gasteiger charge is 2.22. The van der Waals surface area contributed by atoms with E-state index in [9.17, 15) is 5.11 Å². The molecule has 6 heteroatoms. The lowest BCUT2D eigenvalue weighted by molar-refractivity contribution is -0.0941. The number of hydrogen-bond donors (Lipinski definition) is 1. The van der Waals surface area contributed by atoms with E-state index in [-0.39, 0.29) is 11.9 Å². The summed E-state index contributed by atoms with van der Waals surface area (Å²) in [6, 6.07) is 6.65.